The first-order valence-electron chi connectivity index (χ1n) is 9.01. The van der Waals surface area contributed by atoms with Crippen LogP contribution in [0.25, 0.3) is 0 Å². The van der Waals surface area contributed by atoms with Crippen molar-refractivity contribution >= 4 is 11.6 Å². The summed E-state index contributed by atoms with van der Waals surface area (Å²) >= 11 is 0. The fraction of sp³-hybridized carbons (Fsp3) is 0.727. The van der Waals surface area contributed by atoms with Crippen molar-refractivity contribution in [3.8, 4) is 0 Å². The molecule has 0 unspecified atom stereocenters. The molecule has 4 nitrogen and oxygen atoms in total. The Bertz CT molecular complexity index is 505. The van der Waals surface area contributed by atoms with E-state index < -0.39 is 10.8 Å². The van der Waals surface area contributed by atoms with Gasteiger partial charge in [-0.05, 0) is 0 Å². The molecule has 0 saturated carbocycles. The van der Waals surface area contributed by atoms with Crippen molar-refractivity contribution in [2.45, 2.75) is 83.1 Å². The van der Waals surface area contributed by atoms with Crippen LogP contribution in [0, 0.1) is 63.4 Å². The smallest absolute Gasteiger partial charge is 0.164 e. The van der Waals surface area contributed by atoms with Gasteiger partial charge in [-0.15, -0.1) is 0 Å². The van der Waals surface area contributed by atoms with Crippen molar-refractivity contribution < 1.29 is 61.5 Å². The summed E-state index contributed by atoms with van der Waals surface area (Å²) in [6, 6.07) is 0. The Morgan fingerprint density at radius 2 is 0.704 bits per heavy atom. The molecule has 0 rings (SSSR count). The summed E-state index contributed by atoms with van der Waals surface area (Å²) in [6.45, 7) is 22.2. The van der Waals surface area contributed by atoms with Gasteiger partial charge in [0.2, 0.25) is 0 Å². The summed E-state index contributed by atoms with van der Waals surface area (Å²) in [5.74, 6) is 0.208. The van der Waals surface area contributed by atoms with Gasteiger partial charge in [-0.3, -0.25) is 9.59 Å². The number of aliphatic hydroxyl groups is 2. The molecule has 0 spiro atoms. The van der Waals surface area contributed by atoms with Crippen LogP contribution in [0.1, 0.15) is 83.1 Å². The molecule has 156 valence electrons. The zero-order valence-corrected chi connectivity index (χ0v) is 22.5. The maximum Gasteiger partial charge on any atom is 0.164 e. The SMILES string of the molecule is CC(C)(C)C(=O)/C=C(/O)C(C)(C)C.CC(C)(C)C(=O)/C=C(\O)C(C)(C)C.[Ce]. The zero-order valence-electron chi connectivity index (χ0n) is 19.4. The molecule has 0 aromatic rings. The summed E-state index contributed by atoms with van der Waals surface area (Å²) in [5.41, 5.74) is -1.53. The van der Waals surface area contributed by atoms with E-state index in [4.69, 9.17) is 0 Å². The Labute approximate surface area is 200 Å². The van der Waals surface area contributed by atoms with Crippen LogP contribution in [0.5, 0.6) is 0 Å². The molecule has 0 aliphatic rings. The molecular formula is C22H40CeO4. The van der Waals surface area contributed by atoms with Gasteiger partial charge in [0, 0.05) is 75.6 Å². The fourth-order valence-corrected chi connectivity index (χ4v) is 1.11. The van der Waals surface area contributed by atoms with Crippen molar-refractivity contribution in [2.75, 3.05) is 0 Å². The number of carbonyl (C=O) groups excluding carboxylic acids is 2. The van der Waals surface area contributed by atoms with E-state index in [1.54, 1.807) is 0 Å². The molecule has 0 radical (unpaired) electrons. The van der Waals surface area contributed by atoms with Crippen molar-refractivity contribution in [3.05, 3.63) is 23.7 Å². The Morgan fingerprint density at radius 1 is 0.519 bits per heavy atom. The van der Waals surface area contributed by atoms with Crippen molar-refractivity contribution in [2.24, 2.45) is 21.7 Å². The molecule has 5 heteroatoms. The Kier molecular flexibility index (Phi) is 12.9. The number of hydrogen-bond donors (Lipinski definition) is 2. The molecule has 27 heavy (non-hydrogen) atoms. The minimum Gasteiger partial charge on any atom is -0.512 e. The van der Waals surface area contributed by atoms with E-state index in [1.807, 2.05) is 83.1 Å². The van der Waals surface area contributed by atoms with Crippen LogP contribution in [0.15, 0.2) is 23.7 Å². The normalized spacial score (nSPS) is 13.9. The van der Waals surface area contributed by atoms with Crippen molar-refractivity contribution in [1.29, 1.82) is 0 Å². The maximum absolute atomic E-state index is 11.5. The average Bonchev–Trinajstić information content (AvgIpc) is 2.34. The van der Waals surface area contributed by atoms with Crippen LogP contribution in [0.2, 0.25) is 0 Å². The summed E-state index contributed by atoms with van der Waals surface area (Å²) in [7, 11) is 0. The van der Waals surface area contributed by atoms with Gasteiger partial charge in [-0.2, -0.15) is 0 Å². The Balaban J connectivity index is -0.000000411. The second kappa shape index (κ2) is 11.1. The first-order valence-corrected chi connectivity index (χ1v) is 9.01. The van der Waals surface area contributed by atoms with Crippen LogP contribution in [-0.4, -0.2) is 21.8 Å². The first kappa shape index (κ1) is 31.5. The van der Waals surface area contributed by atoms with Gasteiger partial charge < -0.3 is 10.2 Å². The third-order valence-corrected chi connectivity index (χ3v) is 3.55. The van der Waals surface area contributed by atoms with E-state index in [2.05, 4.69) is 0 Å². The molecule has 0 aromatic carbocycles. The van der Waals surface area contributed by atoms with E-state index in [0.717, 1.165) is 0 Å². The van der Waals surface area contributed by atoms with Gasteiger partial charge in [0.1, 0.15) is 11.5 Å². The van der Waals surface area contributed by atoms with Crippen LogP contribution in [0.4, 0.5) is 0 Å². The summed E-state index contributed by atoms with van der Waals surface area (Å²) in [5, 5.41) is 19.1. The quantitative estimate of drug-likeness (QED) is 0.345. The average molecular weight is 509 g/mol. The van der Waals surface area contributed by atoms with E-state index in [1.165, 1.54) is 12.2 Å². The topological polar surface area (TPSA) is 74.6 Å². The largest absolute Gasteiger partial charge is 0.512 e. The Morgan fingerprint density at radius 3 is 0.815 bits per heavy atom. The molecule has 0 amide bonds. The predicted octanol–water partition coefficient (Wildman–Crippen LogP) is 6.18. The van der Waals surface area contributed by atoms with Crippen LogP contribution >= 0.6 is 0 Å². The summed E-state index contributed by atoms with van der Waals surface area (Å²) < 4.78 is 0. The minimum atomic E-state index is -0.417. The van der Waals surface area contributed by atoms with Crippen LogP contribution < -0.4 is 0 Å². The molecule has 0 saturated heterocycles. The van der Waals surface area contributed by atoms with Crippen molar-refractivity contribution in [1.82, 2.24) is 0 Å². The number of rotatable bonds is 2. The monoisotopic (exact) mass is 508 g/mol. The molecule has 0 bridgehead atoms. The van der Waals surface area contributed by atoms with Gasteiger partial charge in [0.25, 0.3) is 0 Å². The standard InChI is InChI=1S/2C11H20O2.Ce/c2*1-10(2,3)8(12)7-9(13)11(4,5)6;/h2*7,12H,1-6H3;/b8-7+;8-7-;. The fourth-order valence-electron chi connectivity index (χ4n) is 1.11. The zero-order chi connectivity index (χ0) is 21.7. The number of hydrogen-bond acceptors (Lipinski definition) is 4. The van der Waals surface area contributed by atoms with Gasteiger partial charge in [0.15, 0.2) is 11.6 Å². The number of allylic oxidation sites excluding steroid dienone is 4. The van der Waals surface area contributed by atoms with E-state index >= 15 is 0 Å². The van der Waals surface area contributed by atoms with Crippen LogP contribution in [-0.2, 0) is 9.59 Å². The van der Waals surface area contributed by atoms with Gasteiger partial charge >= 0.3 is 0 Å². The van der Waals surface area contributed by atoms with Gasteiger partial charge in [0.05, 0.1) is 0 Å². The van der Waals surface area contributed by atoms with Gasteiger partial charge in [-0.25, -0.2) is 0 Å². The minimum absolute atomic E-state index is 0. The maximum atomic E-state index is 11.5. The number of aliphatic hydroxyl groups excluding tert-OH is 2. The number of carbonyl (C=O) groups is 2. The molecule has 0 heterocycles. The molecule has 0 aliphatic carbocycles. The summed E-state index contributed by atoms with van der Waals surface area (Å²) in [6.07, 6.45) is 2.67. The third-order valence-electron chi connectivity index (χ3n) is 3.55. The van der Waals surface area contributed by atoms with E-state index in [9.17, 15) is 19.8 Å². The predicted molar refractivity (Wildman–Crippen MR) is 109 cm³/mol. The molecular weight excluding hydrogens is 468 g/mol. The second-order valence-electron chi connectivity index (χ2n) is 10.8. The van der Waals surface area contributed by atoms with Crippen molar-refractivity contribution in [3.63, 3.8) is 0 Å². The van der Waals surface area contributed by atoms with Crippen LogP contribution in [0.3, 0.4) is 0 Å². The van der Waals surface area contributed by atoms with E-state index in [0.29, 0.717) is 0 Å². The molecule has 0 fully saturated rings. The molecule has 0 atom stereocenters. The first-order chi connectivity index (χ1) is 11.1. The van der Waals surface area contributed by atoms with Gasteiger partial charge in [-0.1, -0.05) is 83.1 Å². The third kappa shape index (κ3) is 14.4. The molecule has 0 aromatic heterocycles. The number of ketones is 2. The molecule has 0 aliphatic heterocycles. The summed E-state index contributed by atoms with van der Waals surface area (Å²) in [4.78, 5) is 23.0. The molecule has 2 N–H and O–H groups in total. The second-order valence-corrected chi connectivity index (χ2v) is 10.8. The Hall–Kier alpha value is -0.203. The van der Waals surface area contributed by atoms with E-state index in [-0.39, 0.29) is 75.7 Å².